The van der Waals surface area contributed by atoms with Gasteiger partial charge in [-0.3, -0.25) is 4.79 Å². The number of carbonyl (C=O) groups is 2. The molecule has 2 saturated heterocycles. The largest absolute Gasteiger partial charge is 0.444 e. The summed E-state index contributed by atoms with van der Waals surface area (Å²) >= 11 is 0. The number of rotatable bonds is 6. The van der Waals surface area contributed by atoms with Crippen LogP contribution < -0.4 is 4.90 Å². The Hall–Kier alpha value is -2.32. The van der Waals surface area contributed by atoms with Crippen molar-refractivity contribution in [3.05, 3.63) is 29.8 Å². The molecule has 184 valence electrons. The Kier molecular flexibility index (Phi) is 8.59. The minimum Gasteiger partial charge on any atom is -0.444 e. The summed E-state index contributed by atoms with van der Waals surface area (Å²) in [6.45, 7) is 11.6. The van der Waals surface area contributed by atoms with E-state index in [4.69, 9.17) is 9.47 Å². The van der Waals surface area contributed by atoms with Crippen LogP contribution in [0, 0.1) is 0 Å². The lowest BCUT2D eigenvalue weighted by molar-refractivity contribution is 0.00532. The van der Waals surface area contributed by atoms with Crippen molar-refractivity contribution in [1.82, 2.24) is 14.7 Å². The Morgan fingerprint density at radius 1 is 1.00 bits per heavy atom. The molecule has 2 heterocycles. The molecule has 0 N–H and O–H groups in total. The van der Waals surface area contributed by atoms with Crippen LogP contribution in [0.15, 0.2) is 24.3 Å². The standard InChI is InChI=1S/C25H40N4O4/c1-25(2,3)33-24(31)29-16-14-28(15-17-29)21-8-6-20(7-9-21)23(30)27(5)18-19-32-22-10-12-26(4)13-11-22/h6-9,22H,10-19H2,1-5H3. The molecule has 0 aromatic heterocycles. The zero-order chi connectivity index (χ0) is 24.0. The molecule has 1 aromatic carbocycles. The Morgan fingerprint density at radius 3 is 2.18 bits per heavy atom. The van der Waals surface area contributed by atoms with Gasteiger partial charge in [0, 0.05) is 64.1 Å². The average molecular weight is 461 g/mol. The molecular formula is C25H40N4O4. The topological polar surface area (TPSA) is 65.6 Å². The highest BCUT2D eigenvalue weighted by atomic mass is 16.6. The molecule has 3 rings (SSSR count). The summed E-state index contributed by atoms with van der Waals surface area (Å²) in [5, 5.41) is 0. The minimum atomic E-state index is -0.483. The van der Waals surface area contributed by atoms with Crippen LogP contribution in [0.2, 0.25) is 0 Å². The van der Waals surface area contributed by atoms with Gasteiger partial charge in [-0.05, 0) is 64.9 Å². The fraction of sp³-hybridized carbons (Fsp3) is 0.680. The molecule has 1 aromatic rings. The number of piperazine rings is 1. The van der Waals surface area contributed by atoms with Crippen molar-refractivity contribution in [3.63, 3.8) is 0 Å². The van der Waals surface area contributed by atoms with Gasteiger partial charge in [-0.15, -0.1) is 0 Å². The Balaban J connectivity index is 1.43. The monoisotopic (exact) mass is 460 g/mol. The van der Waals surface area contributed by atoms with Crippen LogP contribution in [0.1, 0.15) is 44.0 Å². The van der Waals surface area contributed by atoms with E-state index in [2.05, 4.69) is 16.8 Å². The quantitative estimate of drug-likeness (QED) is 0.650. The van der Waals surface area contributed by atoms with Crippen LogP contribution in [0.5, 0.6) is 0 Å². The fourth-order valence-corrected chi connectivity index (χ4v) is 4.12. The van der Waals surface area contributed by atoms with Crippen molar-refractivity contribution in [2.45, 2.75) is 45.3 Å². The molecule has 0 unspecified atom stereocenters. The first-order valence-corrected chi connectivity index (χ1v) is 12.0. The van der Waals surface area contributed by atoms with E-state index in [-0.39, 0.29) is 12.0 Å². The number of anilines is 1. The van der Waals surface area contributed by atoms with Crippen LogP contribution in [0.25, 0.3) is 0 Å². The number of carbonyl (C=O) groups excluding carboxylic acids is 2. The van der Waals surface area contributed by atoms with E-state index in [1.807, 2.05) is 52.1 Å². The van der Waals surface area contributed by atoms with Crippen molar-refractivity contribution in [1.29, 1.82) is 0 Å². The fourth-order valence-electron chi connectivity index (χ4n) is 4.12. The first-order valence-electron chi connectivity index (χ1n) is 12.0. The maximum Gasteiger partial charge on any atom is 0.410 e. The van der Waals surface area contributed by atoms with Crippen molar-refractivity contribution < 1.29 is 19.1 Å². The summed E-state index contributed by atoms with van der Waals surface area (Å²) in [4.78, 5) is 33.1. The number of ether oxygens (including phenoxy) is 2. The molecule has 0 saturated carbocycles. The number of nitrogens with zero attached hydrogens (tertiary/aromatic N) is 4. The van der Waals surface area contributed by atoms with Crippen LogP contribution >= 0.6 is 0 Å². The lowest BCUT2D eigenvalue weighted by atomic mass is 10.1. The highest BCUT2D eigenvalue weighted by molar-refractivity contribution is 5.94. The van der Waals surface area contributed by atoms with Crippen molar-refractivity contribution >= 4 is 17.7 Å². The van der Waals surface area contributed by atoms with Crippen molar-refractivity contribution in [2.24, 2.45) is 0 Å². The summed E-state index contributed by atoms with van der Waals surface area (Å²) in [7, 11) is 3.96. The molecule has 0 aliphatic carbocycles. The predicted molar refractivity (Wildman–Crippen MR) is 130 cm³/mol. The molecule has 0 radical (unpaired) electrons. The molecule has 2 aliphatic heterocycles. The maximum atomic E-state index is 12.8. The van der Waals surface area contributed by atoms with Crippen LogP contribution in [0.4, 0.5) is 10.5 Å². The molecule has 2 fully saturated rings. The van der Waals surface area contributed by atoms with Gasteiger partial charge in [0.05, 0.1) is 12.7 Å². The second kappa shape index (κ2) is 11.2. The molecule has 0 bridgehead atoms. The van der Waals surface area contributed by atoms with E-state index in [0.717, 1.165) is 44.7 Å². The summed E-state index contributed by atoms with van der Waals surface area (Å²) in [6, 6.07) is 7.73. The third-order valence-electron chi connectivity index (χ3n) is 6.20. The van der Waals surface area contributed by atoms with E-state index in [1.54, 1.807) is 9.80 Å². The normalized spacial score (nSPS) is 18.3. The van der Waals surface area contributed by atoms with E-state index in [0.29, 0.717) is 37.9 Å². The molecule has 2 amide bonds. The lowest BCUT2D eigenvalue weighted by Gasteiger charge is -2.36. The molecular weight excluding hydrogens is 420 g/mol. The Morgan fingerprint density at radius 2 is 1.61 bits per heavy atom. The summed E-state index contributed by atoms with van der Waals surface area (Å²) in [6.07, 6.45) is 2.16. The molecule has 8 nitrogen and oxygen atoms in total. The SMILES string of the molecule is CN1CCC(OCCN(C)C(=O)c2ccc(N3CCN(C(=O)OC(C)(C)C)CC3)cc2)CC1. The van der Waals surface area contributed by atoms with Crippen molar-refractivity contribution in [2.75, 3.05) is 71.4 Å². The molecule has 33 heavy (non-hydrogen) atoms. The van der Waals surface area contributed by atoms with Crippen LogP contribution in [-0.2, 0) is 9.47 Å². The Bertz CT molecular complexity index is 777. The smallest absolute Gasteiger partial charge is 0.410 e. The number of hydrogen-bond acceptors (Lipinski definition) is 6. The first kappa shape index (κ1) is 25.3. The third-order valence-corrected chi connectivity index (χ3v) is 6.20. The van der Waals surface area contributed by atoms with E-state index < -0.39 is 5.60 Å². The van der Waals surface area contributed by atoms with E-state index in [1.165, 1.54) is 0 Å². The van der Waals surface area contributed by atoms with Crippen LogP contribution in [0.3, 0.4) is 0 Å². The van der Waals surface area contributed by atoms with Gasteiger partial charge in [-0.2, -0.15) is 0 Å². The van der Waals surface area contributed by atoms with Gasteiger partial charge in [0.1, 0.15) is 5.60 Å². The highest BCUT2D eigenvalue weighted by Gasteiger charge is 2.26. The average Bonchev–Trinajstić information content (AvgIpc) is 2.79. The lowest BCUT2D eigenvalue weighted by Crippen LogP contribution is -2.50. The number of likely N-dealkylation sites (tertiary alicyclic amines) is 1. The van der Waals surface area contributed by atoms with Crippen molar-refractivity contribution in [3.8, 4) is 0 Å². The van der Waals surface area contributed by atoms with Crippen LogP contribution in [-0.4, -0.2) is 105 Å². The highest BCUT2D eigenvalue weighted by Crippen LogP contribution is 2.19. The van der Waals surface area contributed by atoms with Gasteiger partial charge in [0.2, 0.25) is 0 Å². The summed E-state index contributed by atoms with van der Waals surface area (Å²) in [5.74, 6) is 0.00303. The maximum absolute atomic E-state index is 12.8. The number of benzene rings is 1. The molecule has 0 spiro atoms. The van der Waals surface area contributed by atoms with Gasteiger partial charge in [0.15, 0.2) is 0 Å². The zero-order valence-corrected chi connectivity index (χ0v) is 20.9. The first-order chi connectivity index (χ1) is 15.6. The van der Waals surface area contributed by atoms with Gasteiger partial charge in [-0.25, -0.2) is 4.79 Å². The second-order valence-corrected chi connectivity index (χ2v) is 10.1. The number of piperidine rings is 1. The van der Waals surface area contributed by atoms with Gasteiger partial charge < -0.3 is 29.1 Å². The number of likely N-dealkylation sites (N-methyl/N-ethyl adjacent to an activating group) is 1. The molecule has 2 aliphatic rings. The molecule has 0 atom stereocenters. The second-order valence-electron chi connectivity index (χ2n) is 10.1. The van der Waals surface area contributed by atoms with Gasteiger partial charge in [0.25, 0.3) is 5.91 Å². The number of amides is 2. The Labute approximate surface area is 198 Å². The third kappa shape index (κ3) is 7.61. The minimum absolute atomic E-state index is 0.00303. The number of hydrogen-bond donors (Lipinski definition) is 0. The molecule has 8 heteroatoms. The summed E-state index contributed by atoms with van der Waals surface area (Å²) < 4.78 is 11.4. The van der Waals surface area contributed by atoms with E-state index >= 15 is 0 Å². The zero-order valence-electron chi connectivity index (χ0n) is 20.9. The van der Waals surface area contributed by atoms with Gasteiger partial charge in [-0.1, -0.05) is 0 Å². The predicted octanol–water partition coefficient (Wildman–Crippen LogP) is 2.93. The van der Waals surface area contributed by atoms with E-state index in [9.17, 15) is 9.59 Å². The van der Waals surface area contributed by atoms with Gasteiger partial charge >= 0.3 is 6.09 Å². The summed E-state index contributed by atoms with van der Waals surface area (Å²) in [5.41, 5.74) is 1.25.